The molecule has 19 heavy (non-hydrogen) atoms. The van der Waals surface area contributed by atoms with Crippen LogP contribution in [0.3, 0.4) is 0 Å². The van der Waals surface area contributed by atoms with Crippen LogP contribution in [0.5, 0.6) is 0 Å². The van der Waals surface area contributed by atoms with E-state index in [-0.39, 0.29) is 12.2 Å². The topological polar surface area (TPSA) is 55.5 Å². The van der Waals surface area contributed by atoms with Crippen LogP contribution >= 0.6 is 0 Å². The molecule has 3 heterocycles. The van der Waals surface area contributed by atoms with E-state index in [0.29, 0.717) is 18.7 Å². The SMILES string of the molecule is Cc1nc2ccc(C3(O)CC4CCC(C3)O4)cc2o1. The van der Waals surface area contributed by atoms with Gasteiger partial charge >= 0.3 is 0 Å². The average molecular weight is 259 g/mol. The largest absolute Gasteiger partial charge is 0.441 e. The van der Waals surface area contributed by atoms with E-state index >= 15 is 0 Å². The molecule has 0 amide bonds. The van der Waals surface area contributed by atoms with Crippen molar-refractivity contribution in [3.05, 3.63) is 29.7 Å². The van der Waals surface area contributed by atoms with Crippen molar-refractivity contribution < 1.29 is 14.3 Å². The first kappa shape index (κ1) is 11.4. The van der Waals surface area contributed by atoms with Gasteiger partial charge in [-0.05, 0) is 30.5 Å². The van der Waals surface area contributed by atoms with Crippen LogP contribution < -0.4 is 0 Å². The Morgan fingerprint density at radius 2 is 2.00 bits per heavy atom. The number of ether oxygens (including phenoxy) is 1. The summed E-state index contributed by atoms with van der Waals surface area (Å²) in [4.78, 5) is 4.29. The number of hydrogen-bond donors (Lipinski definition) is 1. The zero-order valence-electron chi connectivity index (χ0n) is 10.9. The van der Waals surface area contributed by atoms with Gasteiger partial charge < -0.3 is 14.3 Å². The maximum absolute atomic E-state index is 10.9. The zero-order chi connectivity index (χ0) is 13.0. The lowest BCUT2D eigenvalue weighted by Crippen LogP contribution is -2.38. The highest BCUT2D eigenvalue weighted by molar-refractivity contribution is 5.73. The molecule has 100 valence electrons. The second kappa shape index (κ2) is 3.81. The van der Waals surface area contributed by atoms with E-state index in [0.717, 1.165) is 29.5 Å². The molecular weight excluding hydrogens is 242 g/mol. The van der Waals surface area contributed by atoms with Crippen molar-refractivity contribution >= 4 is 11.1 Å². The van der Waals surface area contributed by atoms with Gasteiger partial charge in [0.1, 0.15) is 5.52 Å². The molecule has 2 aliphatic rings. The van der Waals surface area contributed by atoms with E-state index in [1.165, 1.54) is 0 Å². The van der Waals surface area contributed by atoms with Crippen LogP contribution in [0.25, 0.3) is 11.1 Å². The third-order valence-corrected chi connectivity index (χ3v) is 4.36. The van der Waals surface area contributed by atoms with Gasteiger partial charge in [-0.15, -0.1) is 0 Å². The third kappa shape index (κ3) is 1.78. The minimum absolute atomic E-state index is 0.205. The number of aromatic nitrogens is 1. The van der Waals surface area contributed by atoms with Crippen molar-refractivity contribution in [2.45, 2.75) is 50.4 Å². The summed E-state index contributed by atoms with van der Waals surface area (Å²) in [5.41, 5.74) is 1.75. The Morgan fingerprint density at radius 3 is 2.74 bits per heavy atom. The molecule has 2 aliphatic heterocycles. The van der Waals surface area contributed by atoms with E-state index in [4.69, 9.17) is 9.15 Å². The third-order valence-electron chi connectivity index (χ3n) is 4.36. The van der Waals surface area contributed by atoms with Gasteiger partial charge in [0, 0.05) is 19.8 Å². The van der Waals surface area contributed by atoms with E-state index in [1.807, 2.05) is 25.1 Å². The van der Waals surface area contributed by atoms with Crippen molar-refractivity contribution in [1.82, 2.24) is 4.98 Å². The normalized spacial score (nSPS) is 34.0. The highest BCUT2D eigenvalue weighted by Gasteiger charge is 2.44. The van der Waals surface area contributed by atoms with Gasteiger partial charge in [0.25, 0.3) is 0 Å². The van der Waals surface area contributed by atoms with Crippen molar-refractivity contribution in [3.63, 3.8) is 0 Å². The number of aryl methyl sites for hydroxylation is 1. The van der Waals surface area contributed by atoms with Crippen LogP contribution in [0.4, 0.5) is 0 Å². The van der Waals surface area contributed by atoms with Gasteiger partial charge in [-0.1, -0.05) is 6.07 Å². The minimum atomic E-state index is -0.779. The highest BCUT2D eigenvalue weighted by Crippen LogP contribution is 2.44. The fourth-order valence-electron chi connectivity index (χ4n) is 3.48. The molecule has 0 spiro atoms. The van der Waals surface area contributed by atoms with Gasteiger partial charge in [0.2, 0.25) is 0 Å². The number of rotatable bonds is 1. The van der Waals surface area contributed by atoms with Crippen LogP contribution in [0.1, 0.15) is 37.1 Å². The standard InChI is InChI=1S/C15H17NO3/c1-9-16-13-5-2-10(6-14(13)18-9)15(17)7-11-3-4-12(8-15)19-11/h2,5-6,11-12,17H,3-4,7-8H2,1H3. The highest BCUT2D eigenvalue weighted by atomic mass is 16.5. The average Bonchev–Trinajstić information content (AvgIpc) is 2.90. The Labute approximate surface area is 111 Å². The monoisotopic (exact) mass is 259 g/mol. The van der Waals surface area contributed by atoms with E-state index in [9.17, 15) is 5.11 Å². The molecule has 4 nitrogen and oxygen atoms in total. The summed E-state index contributed by atoms with van der Waals surface area (Å²) in [5, 5.41) is 10.9. The van der Waals surface area contributed by atoms with Crippen molar-refractivity contribution in [1.29, 1.82) is 0 Å². The van der Waals surface area contributed by atoms with E-state index in [2.05, 4.69) is 4.98 Å². The van der Waals surface area contributed by atoms with Crippen LogP contribution in [0.2, 0.25) is 0 Å². The zero-order valence-corrected chi connectivity index (χ0v) is 10.9. The molecule has 2 unspecified atom stereocenters. The first-order valence-corrected chi connectivity index (χ1v) is 6.88. The molecule has 2 bridgehead atoms. The molecule has 2 aromatic rings. The van der Waals surface area contributed by atoms with Crippen molar-refractivity contribution in [2.75, 3.05) is 0 Å². The Hall–Kier alpha value is -1.39. The summed E-state index contributed by atoms with van der Waals surface area (Å²) in [6.07, 6.45) is 3.91. The Morgan fingerprint density at radius 1 is 1.26 bits per heavy atom. The van der Waals surface area contributed by atoms with Crippen molar-refractivity contribution in [3.8, 4) is 0 Å². The maximum atomic E-state index is 10.9. The predicted octanol–water partition coefficient (Wildman–Crippen LogP) is 2.67. The number of oxazole rings is 1. The van der Waals surface area contributed by atoms with Crippen molar-refractivity contribution in [2.24, 2.45) is 0 Å². The minimum Gasteiger partial charge on any atom is -0.441 e. The number of fused-ring (bicyclic) bond motifs is 3. The Kier molecular flexibility index (Phi) is 2.29. The lowest BCUT2D eigenvalue weighted by molar-refractivity contribution is -0.115. The van der Waals surface area contributed by atoms with Gasteiger partial charge in [0.15, 0.2) is 11.5 Å². The quantitative estimate of drug-likeness (QED) is 0.855. The predicted molar refractivity (Wildman–Crippen MR) is 69.8 cm³/mol. The summed E-state index contributed by atoms with van der Waals surface area (Å²) < 4.78 is 11.4. The first-order chi connectivity index (χ1) is 9.12. The van der Waals surface area contributed by atoms with Crippen LogP contribution in [-0.2, 0) is 10.3 Å². The molecule has 4 heteroatoms. The van der Waals surface area contributed by atoms with Gasteiger partial charge in [-0.3, -0.25) is 0 Å². The van der Waals surface area contributed by atoms with E-state index in [1.54, 1.807) is 0 Å². The fraction of sp³-hybridized carbons (Fsp3) is 0.533. The molecule has 1 N–H and O–H groups in total. The van der Waals surface area contributed by atoms with Gasteiger partial charge in [-0.25, -0.2) is 4.98 Å². The summed E-state index contributed by atoms with van der Waals surface area (Å²) >= 11 is 0. The molecule has 0 radical (unpaired) electrons. The molecule has 2 fully saturated rings. The Balaban J connectivity index is 1.76. The fourth-order valence-corrected chi connectivity index (χ4v) is 3.48. The number of benzene rings is 1. The van der Waals surface area contributed by atoms with Gasteiger partial charge in [0.05, 0.1) is 17.8 Å². The molecule has 0 aliphatic carbocycles. The second-order valence-corrected chi connectivity index (χ2v) is 5.81. The maximum Gasteiger partial charge on any atom is 0.192 e. The lowest BCUT2D eigenvalue weighted by atomic mass is 9.83. The van der Waals surface area contributed by atoms with Crippen LogP contribution in [0, 0.1) is 6.92 Å². The summed E-state index contributed by atoms with van der Waals surface area (Å²) in [5.74, 6) is 0.659. The van der Waals surface area contributed by atoms with Crippen LogP contribution in [-0.4, -0.2) is 22.3 Å². The molecule has 2 atom stereocenters. The lowest BCUT2D eigenvalue weighted by Gasteiger charge is -2.36. The molecular formula is C15H17NO3. The Bertz CT molecular complexity index is 621. The smallest absolute Gasteiger partial charge is 0.192 e. The summed E-state index contributed by atoms with van der Waals surface area (Å²) in [6, 6.07) is 5.83. The number of aliphatic hydroxyl groups is 1. The van der Waals surface area contributed by atoms with E-state index < -0.39 is 5.60 Å². The summed E-state index contributed by atoms with van der Waals surface area (Å²) in [6.45, 7) is 1.84. The molecule has 1 aromatic heterocycles. The molecule has 2 saturated heterocycles. The number of nitrogens with zero attached hydrogens (tertiary/aromatic N) is 1. The van der Waals surface area contributed by atoms with Gasteiger partial charge in [-0.2, -0.15) is 0 Å². The first-order valence-electron chi connectivity index (χ1n) is 6.88. The molecule has 0 saturated carbocycles. The second-order valence-electron chi connectivity index (χ2n) is 5.81. The van der Waals surface area contributed by atoms with Crippen LogP contribution in [0.15, 0.2) is 22.6 Å². The molecule has 1 aromatic carbocycles. The number of hydrogen-bond acceptors (Lipinski definition) is 4. The summed E-state index contributed by atoms with van der Waals surface area (Å²) in [7, 11) is 0. The molecule has 4 rings (SSSR count).